The Hall–Kier alpha value is -0.750. The van der Waals surface area contributed by atoms with Crippen LogP contribution in [-0.4, -0.2) is 0 Å². The van der Waals surface area contributed by atoms with Gasteiger partial charge in [-0.2, -0.15) is 0 Å². The third-order valence-corrected chi connectivity index (χ3v) is 2.84. The number of allylic oxidation sites excluding steroid dienone is 1. The number of benzene rings is 1. The maximum Gasteiger partial charge on any atom is 0.0447 e. The standard InChI is InChI=1S/C12H13Cl/c1-2-4-9-7-10-5-3-6-12(13)11(10)8-9/h3,5-7H,2,4,8H2,1H3. The minimum Gasteiger partial charge on any atom is -0.0840 e. The van der Waals surface area contributed by atoms with Gasteiger partial charge in [0.05, 0.1) is 0 Å². The molecule has 0 amide bonds. The molecule has 13 heavy (non-hydrogen) atoms. The second kappa shape index (κ2) is 3.55. The molecule has 0 fully saturated rings. The highest BCUT2D eigenvalue weighted by Gasteiger charge is 2.13. The molecule has 0 aliphatic heterocycles. The van der Waals surface area contributed by atoms with E-state index < -0.39 is 0 Å². The smallest absolute Gasteiger partial charge is 0.0447 e. The molecule has 1 aromatic rings. The molecule has 0 heterocycles. The van der Waals surface area contributed by atoms with Gasteiger partial charge in [-0.15, -0.1) is 0 Å². The molecule has 2 rings (SSSR count). The number of halogens is 1. The van der Waals surface area contributed by atoms with Crippen LogP contribution in [0.4, 0.5) is 0 Å². The van der Waals surface area contributed by atoms with Crippen molar-refractivity contribution in [1.82, 2.24) is 0 Å². The Labute approximate surface area is 84.2 Å². The van der Waals surface area contributed by atoms with E-state index >= 15 is 0 Å². The molecule has 0 radical (unpaired) electrons. The third-order valence-electron chi connectivity index (χ3n) is 2.49. The lowest BCUT2D eigenvalue weighted by Gasteiger charge is -2.01. The van der Waals surface area contributed by atoms with Crippen molar-refractivity contribution in [2.45, 2.75) is 26.2 Å². The minimum atomic E-state index is 0.917. The van der Waals surface area contributed by atoms with Crippen molar-refractivity contribution in [3.63, 3.8) is 0 Å². The molecule has 0 aromatic heterocycles. The van der Waals surface area contributed by atoms with Crippen molar-refractivity contribution in [2.24, 2.45) is 0 Å². The average Bonchev–Trinajstić information content (AvgIpc) is 2.49. The first-order valence-electron chi connectivity index (χ1n) is 4.78. The Kier molecular flexibility index (Phi) is 2.41. The maximum atomic E-state index is 6.10. The van der Waals surface area contributed by atoms with E-state index in [9.17, 15) is 0 Å². The van der Waals surface area contributed by atoms with Crippen LogP contribution in [0.1, 0.15) is 30.9 Å². The fourth-order valence-corrected chi connectivity index (χ4v) is 2.13. The van der Waals surface area contributed by atoms with Crippen molar-refractivity contribution in [3.8, 4) is 0 Å². The van der Waals surface area contributed by atoms with E-state index in [1.54, 1.807) is 0 Å². The lowest BCUT2D eigenvalue weighted by atomic mass is 10.1. The van der Waals surface area contributed by atoms with Gasteiger partial charge in [-0.1, -0.05) is 48.7 Å². The van der Waals surface area contributed by atoms with E-state index in [2.05, 4.69) is 19.1 Å². The van der Waals surface area contributed by atoms with Gasteiger partial charge in [0.25, 0.3) is 0 Å². The van der Waals surface area contributed by atoms with Crippen LogP contribution >= 0.6 is 11.6 Å². The van der Waals surface area contributed by atoms with E-state index in [0.29, 0.717) is 0 Å². The lowest BCUT2D eigenvalue weighted by Crippen LogP contribution is -1.85. The minimum absolute atomic E-state index is 0.917. The summed E-state index contributed by atoms with van der Waals surface area (Å²) in [4.78, 5) is 0. The van der Waals surface area contributed by atoms with Crippen LogP contribution in [0.5, 0.6) is 0 Å². The highest BCUT2D eigenvalue weighted by Crippen LogP contribution is 2.32. The zero-order chi connectivity index (χ0) is 9.26. The first kappa shape index (κ1) is 8.83. The molecule has 68 valence electrons. The zero-order valence-electron chi connectivity index (χ0n) is 7.81. The van der Waals surface area contributed by atoms with E-state index in [0.717, 1.165) is 11.4 Å². The monoisotopic (exact) mass is 192 g/mol. The van der Waals surface area contributed by atoms with E-state index in [-0.39, 0.29) is 0 Å². The summed E-state index contributed by atoms with van der Waals surface area (Å²) in [6.45, 7) is 2.21. The summed E-state index contributed by atoms with van der Waals surface area (Å²) < 4.78 is 0. The molecule has 0 unspecified atom stereocenters. The van der Waals surface area contributed by atoms with Gasteiger partial charge in [0, 0.05) is 5.02 Å². The molecule has 0 saturated heterocycles. The molecule has 1 aliphatic rings. The molecule has 0 nitrogen and oxygen atoms in total. The van der Waals surface area contributed by atoms with Gasteiger partial charge >= 0.3 is 0 Å². The van der Waals surface area contributed by atoms with Crippen molar-refractivity contribution in [3.05, 3.63) is 39.9 Å². The summed E-state index contributed by atoms with van der Waals surface area (Å²) in [7, 11) is 0. The van der Waals surface area contributed by atoms with Gasteiger partial charge in [0.2, 0.25) is 0 Å². The summed E-state index contributed by atoms with van der Waals surface area (Å²) in [6.07, 6.45) is 5.76. The number of hydrogen-bond acceptors (Lipinski definition) is 0. The van der Waals surface area contributed by atoms with Crippen LogP contribution in [0.2, 0.25) is 5.02 Å². The van der Waals surface area contributed by atoms with Crippen molar-refractivity contribution in [2.75, 3.05) is 0 Å². The Morgan fingerprint density at radius 1 is 1.38 bits per heavy atom. The molecule has 0 bridgehead atoms. The van der Waals surface area contributed by atoms with Crippen molar-refractivity contribution in [1.29, 1.82) is 0 Å². The summed E-state index contributed by atoms with van der Waals surface area (Å²) in [5, 5.41) is 0.917. The fraction of sp³-hybridized carbons (Fsp3) is 0.333. The van der Waals surface area contributed by atoms with Gasteiger partial charge in [-0.05, 0) is 30.0 Å². The first-order chi connectivity index (χ1) is 6.31. The van der Waals surface area contributed by atoms with Crippen LogP contribution in [0.25, 0.3) is 6.08 Å². The second-order valence-electron chi connectivity index (χ2n) is 3.54. The highest BCUT2D eigenvalue weighted by molar-refractivity contribution is 6.31. The maximum absolute atomic E-state index is 6.10. The lowest BCUT2D eigenvalue weighted by molar-refractivity contribution is 0.886. The number of fused-ring (bicyclic) bond motifs is 1. The Morgan fingerprint density at radius 3 is 2.92 bits per heavy atom. The summed E-state index contributed by atoms with van der Waals surface area (Å²) >= 11 is 6.10. The topological polar surface area (TPSA) is 0 Å². The Bertz CT molecular complexity index is 350. The number of hydrogen-bond donors (Lipinski definition) is 0. The molecular formula is C12H13Cl. The molecule has 1 aliphatic carbocycles. The Balaban J connectivity index is 2.30. The fourth-order valence-electron chi connectivity index (χ4n) is 1.88. The molecule has 0 spiro atoms. The van der Waals surface area contributed by atoms with Crippen molar-refractivity contribution < 1.29 is 0 Å². The predicted octanol–water partition coefficient (Wildman–Crippen LogP) is 4.08. The van der Waals surface area contributed by atoms with Crippen molar-refractivity contribution >= 4 is 17.7 Å². The normalized spacial score (nSPS) is 14.2. The molecule has 1 heteroatoms. The van der Waals surface area contributed by atoms with Gasteiger partial charge in [0.1, 0.15) is 0 Å². The average molecular weight is 193 g/mol. The van der Waals surface area contributed by atoms with Crippen LogP contribution in [0, 0.1) is 0 Å². The predicted molar refractivity (Wildman–Crippen MR) is 58.0 cm³/mol. The third kappa shape index (κ3) is 1.64. The van der Waals surface area contributed by atoms with Gasteiger partial charge in [0.15, 0.2) is 0 Å². The summed E-state index contributed by atoms with van der Waals surface area (Å²) in [6, 6.07) is 6.14. The largest absolute Gasteiger partial charge is 0.0840 e. The van der Waals surface area contributed by atoms with Gasteiger partial charge in [-0.25, -0.2) is 0 Å². The first-order valence-corrected chi connectivity index (χ1v) is 5.16. The van der Waals surface area contributed by atoms with E-state index in [1.165, 1.54) is 29.5 Å². The van der Waals surface area contributed by atoms with Crippen LogP contribution in [0.15, 0.2) is 23.8 Å². The van der Waals surface area contributed by atoms with Crippen LogP contribution < -0.4 is 0 Å². The second-order valence-corrected chi connectivity index (χ2v) is 3.94. The molecule has 0 atom stereocenters. The Morgan fingerprint density at radius 2 is 2.23 bits per heavy atom. The molecule has 1 aromatic carbocycles. The molecule has 0 N–H and O–H groups in total. The molecular weight excluding hydrogens is 180 g/mol. The van der Waals surface area contributed by atoms with Crippen LogP contribution in [0.3, 0.4) is 0 Å². The quantitative estimate of drug-likeness (QED) is 0.663. The van der Waals surface area contributed by atoms with Gasteiger partial charge in [-0.3, -0.25) is 0 Å². The summed E-state index contributed by atoms with van der Waals surface area (Å²) in [5.74, 6) is 0. The molecule has 0 saturated carbocycles. The van der Waals surface area contributed by atoms with Crippen LogP contribution in [-0.2, 0) is 6.42 Å². The van der Waals surface area contributed by atoms with E-state index in [4.69, 9.17) is 11.6 Å². The van der Waals surface area contributed by atoms with Gasteiger partial charge < -0.3 is 0 Å². The highest BCUT2D eigenvalue weighted by atomic mass is 35.5. The number of rotatable bonds is 2. The zero-order valence-corrected chi connectivity index (χ0v) is 8.56. The SMILES string of the molecule is CCCC1=Cc2cccc(Cl)c2C1. The van der Waals surface area contributed by atoms with E-state index in [1.807, 2.05) is 12.1 Å². The summed E-state index contributed by atoms with van der Waals surface area (Å²) in [5.41, 5.74) is 4.15.